The summed E-state index contributed by atoms with van der Waals surface area (Å²) in [5.41, 5.74) is 0. The summed E-state index contributed by atoms with van der Waals surface area (Å²) in [7, 11) is 0. The molecule has 0 aromatic rings. The van der Waals surface area contributed by atoms with Crippen LogP contribution in [0.15, 0.2) is 0 Å². The molecule has 66 valence electrons. The first kappa shape index (κ1) is 11.2. The Balaban J connectivity index is 3.59. The number of hydrogen-bond acceptors (Lipinski definition) is 1. The fourth-order valence-corrected chi connectivity index (χ4v) is 8.17. The van der Waals surface area contributed by atoms with Crippen LogP contribution in [0.3, 0.4) is 0 Å². The summed E-state index contributed by atoms with van der Waals surface area (Å²) in [6, 6.07) is 0. The molecule has 0 radical (unpaired) electrons. The van der Waals surface area contributed by atoms with Gasteiger partial charge in [-0.05, 0) is 0 Å². The van der Waals surface area contributed by atoms with Gasteiger partial charge < -0.3 is 0 Å². The van der Waals surface area contributed by atoms with Crippen LogP contribution in [-0.2, 0) is 4.79 Å². The van der Waals surface area contributed by atoms with Crippen LogP contribution in [0.2, 0.25) is 15.8 Å². The molecular weight excluding hydrogens is 197 g/mol. The average Bonchev–Trinajstić information content (AvgIpc) is 1.87. The molecule has 0 N–H and O–H groups in total. The number of carbonyl (C=O) groups excluding carboxylic acids is 1. The molecule has 0 rings (SSSR count). The molecule has 1 nitrogen and oxygen atoms in total. The summed E-state index contributed by atoms with van der Waals surface area (Å²) < 4.78 is 0. The zero-order valence-corrected chi connectivity index (χ0v) is 10.4. The van der Waals surface area contributed by atoms with E-state index in [0.717, 1.165) is 5.25 Å². The van der Waals surface area contributed by atoms with Crippen LogP contribution in [0.1, 0.15) is 33.6 Å². The van der Waals surface area contributed by atoms with Crippen molar-refractivity contribution in [2.24, 2.45) is 0 Å². The van der Waals surface area contributed by atoms with E-state index in [9.17, 15) is 4.79 Å². The molecule has 0 aromatic carbocycles. The van der Waals surface area contributed by atoms with E-state index in [1.807, 2.05) is 0 Å². The summed E-state index contributed by atoms with van der Waals surface area (Å²) in [5, 5.41) is 3.79. The van der Waals surface area contributed by atoms with Crippen molar-refractivity contribution in [1.82, 2.24) is 0 Å². The third-order valence-corrected chi connectivity index (χ3v) is 10.2. The molecule has 11 heavy (non-hydrogen) atoms. The molecule has 0 heterocycles. The van der Waals surface area contributed by atoms with Gasteiger partial charge in [0.2, 0.25) is 0 Å². The van der Waals surface area contributed by atoms with Crippen LogP contribution in [-0.4, -0.2) is 20.1 Å². The van der Waals surface area contributed by atoms with Gasteiger partial charge in [0.05, 0.1) is 0 Å². The van der Waals surface area contributed by atoms with Crippen molar-refractivity contribution < 1.29 is 4.79 Å². The molecule has 0 saturated heterocycles. The molecule has 0 aliphatic rings. The van der Waals surface area contributed by atoms with Crippen LogP contribution in [0.4, 0.5) is 0 Å². The number of carbonyl (C=O) groups is 1. The number of rotatable bonds is 6. The number of ketones is 1. The Hall–Kier alpha value is 0.213. The zero-order chi connectivity index (χ0) is 8.69. The van der Waals surface area contributed by atoms with Crippen LogP contribution in [0.5, 0.6) is 0 Å². The molecule has 2 heteroatoms. The van der Waals surface area contributed by atoms with Crippen molar-refractivity contribution in [2.75, 3.05) is 0 Å². The fourth-order valence-electron chi connectivity index (χ4n) is 1.57. The van der Waals surface area contributed by atoms with Crippen molar-refractivity contribution in [1.29, 1.82) is 0 Å². The summed E-state index contributed by atoms with van der Waals surface area (Å²) in [5.74, 6) is 0.428. The second-order valence-corrected chi connectivity index (χ2v) is 10.3. The van der Waals surface area contributed by atoms with Crippen LogP contribution in [0, 0.1) is 0 Å². The van der Waals surface area contributed by atoms with E-state index in [1.54, 1.807) is 6.92 Å². The maximum absolute atomic E-state index is 10.9. The molecule has 0 fully saturated rings. The predicted octanol–water partition coefficient (Wildman–Crippen LogP) is 2.62. The van der Waals surface area contributed by atoms with Gasteiger partial charge in [0.1, 0.15) is 0 Å². The summed E-state index contributed by atoms with van der Waals surface area (Å²) >= 11 is -1.09. The van der Waals surface area contributed by atoms with Crippen LogP contribution >= 0.6 is 0 Å². The van der Waals surface area contributed by atoms with Gasteiger partial charge in [0, 0.05) is 0 Å². The molecule has 0 saturated carbocycles. The summed E-state index contributed by atoms with van der Waals surface area (Å²) in [6.07, 6.45) is 2.58. The van der Waals surface area contributed by atoms with E-state index in [2.05, 4.69) is 13.8 Å². The third-order valence-electron chi connectivity index (χ3n) is 1.97. The Morgan fingerprint density at radius 2 is 1.64 bits per heavy atom. The van der Waals surface area contributed by atoms with E-state index in [0.29, 0.717) is 5.78 Å². The normalized spacial score (nSPS) is 10.5. The van der Waals surface area contributed by atoms with Crippen molar-refractivity contribution in [3.63, 3.8) is 0 Å². The Bertz CT molecular complexity index is 106. The monoisotopic (exact) mass is 218 g/mol. The zero-order valence-electron chi connectivity index (χ0n) is 8.02. The third kappa shape index (κ3) is 6.60. The van der Waals surface area contributed by atoms with Gasteiger partial charge in [-0.25, -0.2) is 0 Å². The summed E-state index contributed by atoms with van der Waals surface area (Å²) in [4.78, 5) is 10.9. The second kappa shape index (κ2) is 6.89. The minimum atomic E-state index is -1.09. The van der Waals surface area contributed by atoms with E-state index < -0.39 is 14.3 Å². The number of Topliss-reactive ketones (excluding diaryl/α,β-unsaturated/α-hetero) is 1. The van der Waals surface area contributed by atoms with Gasteiger partial charge in [0.25, 0.3) is 0 Å². The van der Waals surface area contributed by atoms with Crippen molar-refractivity contribution in [2.45, 2.75) is 49.4 Å². The topological polar surface area (TPSA) is 17.1 Å². The molecule has 0 amide bonds. The number of hydrogen-bond donors (Lipinski definition) is 0. The fraction of sp³-hybridized carbons (Fsp3) is 0.889. The second-order valence-electron chi connectivity index (χ2n) is 3.35. The van der Waals surface area contributed by atoms with Gasteiger partial charge in [-0.1, -0.05) is 0 Å². The first-order chi connectivity index (χ1) is 5.20. The molecular formula is C9H20GeO. The summed E-state index contributed by atoms with van der Waals surface area (Å²) in [6.45, 7) is 6.20. The van der Waals surface area contributed by atoms with Gasteiger partial charge in [-0.2, -0.15) is 0 Å². The molecule has 0 bridgehead atoms. The minimum absolute atomic E-state index is 0.428. The first-order valence-electron chi connectivity index (χ1n) is 4.70. The maximum atomic E-state index is 10.9. The van der Waals surface area contributed by atoms with Gasteiger partial charge >= 0.3 is 74.3 Å². The van der Waals surface area contributed by atoms with Crippen molar-refractivity contribution in [3.05, 3.63) is 0 Å². The first-order valence-corrected chi connectivity index (χ1v) is 9.84. The van der Waals surface area contributed by atoms with Crippen molar-refractivity contribution >= 4 is 20.1 Å². The molecule has 0 unspecified atom stereocenters. The van der Waals surface area contributed by atoms with Crippen LogP contribution < -0.4 is 0 Å². The van der Waals surface area contributed by atoms with Crippen molar-refractivity contribution in [3.8, 4) is 0 Å². The molecule has 0 aliphatic carbocycles. The molecule has 0 spiro atoms. The van der Waals surface area contributed by atoms with Crippen LogP contribution in [0.25, 0.3) is 0 Å². The van der Waals surface area contributed by atoms with Gasteiger partial charge in [0.15, 0.2) is 0 Å². The SMILES string of the molecule is CC[CH2][GeH]([CH2]CC)[CH2]C(C)=O. The predicted molar refractivity (Wildman–Crippen MR) is 52.8 cm³/mol. The van der Waals surface area contributed by atoms with E-state index >= 15 is 0 Å². The van der Waals surface area contributed by atoms with E-state index in [-0.39, 0.29) is 0 Å². The average molecular weight is 217 g/mol. The van der Waals surface area contributed by atoms with Gasteiger partial charge in [-0.15, -0.1) is 0 Å². The standard InChI is InChI=1S/C9H20GeO/c1-4-6-10(7-5-2)8-9(3)11/h10H,4-8H2,1-3H3. The van der Waals surface area contributed by atoms with E-state index in [1.165, 1.54) is 23.3 Å². The Kier molecular flexibility index (Phi) is 7.03. The van der Waals surface area contributed by atoms with E-state index in [4.69, 9.17) is 0 Å². The Labute approximate surface area is 74.7 Å². The quantitative estimate of drug-likeness (QED) is 0.624. The Morgan fingerprint density at radius 1 is 1.18 bits per heavy atom. The molecule has 0 aromatic heterocycles. The molecule has 0 aliphatic heterocycles. The Morgan fingerprint density at radius 3 is 1.91 bits per heavy atom. The van der Waals surface area contributed by atoms with Gasteiger partial charge in [-0.3, -0.25) is 0 Å². The molecule has 0 atom stereocenters.